The molecule has 0 aliphatic rings. The summed E-state index contributed by atoms with van der Waals surface area (Å²) in [6, 6.07) is 8.97. The van der Waals surface area contributed by atoms with Gasteiger partial charge >= 0.3 is 0 Å². The Morgan fingerprint density at radius 2 is 2.24 bits per heavy atom. The molecule has 1 unspecified atom stereocenters. The van der Waals surface area contributed by atoms with Crippen molar-refractivity contribution in [3.63, 3.8) is 0 Å². The molecule has 0 aliphatic heterocycles. The second kappa shape index (κ2) is 5.94. The topological polar surface area (TPSA) is 24.9 Å². The lowest BCUT2D eigenvalue weighted by atomic mass is 10.0. The molecule has 1 heterocycles. The van der Waals surface area contributed by atoms with Crippen LogP contribution in [0.15, 0.2) is 35.2 Å². The Balaban J connectivity index is 2.32. The lowest BCUT2D eigenvalue weighted by Gasteiger charge is -2.17. The van der Waals surface area contributed by atoms with Gasteiger partial charge in [0.25, 0.3) is 0 Å². The lowest BCUT2D eigenvalue weighted by Crippen LogP contribution is -2.22. The zero-order valence-corrected chi connectivity index (χ0v) is 11.1. The van der Waals surface area contributed by atoms with E-state index in [-0.39, 0.29) is 6.04 Å². The van der Waals surface area contributed by atoms with Crippen molar-refractivity contribution in [1.82, 2.24) is 10.3 Å². The van der Waals surface area contributed by atoms with Gasteiger partial charge < -0.3 is 5.32 Å². The summed E-state index contributed by atoms with van der Waals surface area (Å²) in [6.45, 7) is 5.26. The van der Waals surface area contributed by atoms with Crippen LogP contribution in [-0.4, -0.2) is 11.5 Å². The van der Waals surface area contributed by atoms with Gasteiger partial charge in [-0.1, -0.05) is 38.1 Å². The van der Waals surface area contributed by atoms with E-state index in [1.807, 2.05) is 5.51 Å². The highest BCUT2D eigenvalue weighted by Crippen LogP contribution is 2.22. The highest BCUT2D eigenvalue weighted by molar-refractivity contribution is 7.07. The zero-order chi connectivity index (χ0) is 12.1. The van der Waals surface area contributed by atoms with Gasteiger partial charge in [0.05, 0.1) is 17.2 Å². The molecule has 2 nitrogen and oxygen atoms in total. The third-order valence-electron chi connectivity index (χ3n) is 2.85. The highest BCUT2D eigenvalue weighted by atomic mass is 32.1. The Morgan fingerprint density at radius 3 is 2.88 bits per heavy atom. The number of nitrogens with one attached hydrogen (secondary N) is 1. The summed E-state index contributed by atoms with van der Waals surface area (Å²) >= 11 is 1.65. The van der Waals surface area contributed by atoms with Crippen LogP contribution in [0.4, 0.5) is 0 Å². The molecule has 0 bridgehead atoms. The minimum atomic E-state index is 0.220. The smallest absolute Gasteiger partial charge is 0.0795 e. The SMILES string of the molecule is CCNC(c1cccc(CC)c1)c1cscn1. The van der Waals surface area contributed by atoms with Crippen LogP contribution in [0.5, 0.6) is 0 Å². The number of thiazole rings is 1. The fraction of sp³-hybridized carbons (Fsp3) is 0.357. The number of nitrogens with zero attached hydrogens (tertiary/aromatic N) is 1. The molecule has 1 atom stereocenters. The van der Waals surface area contributed by atoms with E-state index < -0.39 is 0 Å². The monoisotopic (exact) mass is 246 g/mol. The van der Waals surface area contributed by atoms with Crippen LogP contribution in [0.3, 0.4) is 0 Å². The molecule has 1 N–H and O–H groups in total. The first kappa shape index (κ1) is 12.3. The average molecular weight is 246 g/mol. The number of hydrogen-bond donors (Lipinski definition) is 1. The van der Waals surface area contributed by atoms with Crippen LogP contribution in [0, 0.1) is 0 Å². The average Bonchev–Trinajstić information content (AvgIpc) is 2.89. The predicted octanol–water partition coefficient (Wildman–Crippen LogP) is 3.40. The van der Waals surface area contributed by atoms with Crippen molar-refractivity contribution in [3.05, 3.63) is 52.0 Å². The Bertz CT molecular complexity index is 451. The number of aromatic nitrogens is 1. The summed E-state index contributed by atoms with van der Waals surface area (Å²) in [7, 11) is 0. The Kier molecular flexibility index (Phi) is 4.29. The number of hydrogen-bond acceptors (Lipinski definition) is 3. The Hall–Kier alpha value is -1.19. The van der Waals surface area contributed by atoms with Gasteiger partial charge in [0.1, 0.15) is 0 Å². The number of benzene rings is 1. The quantitative estimate of drug-likeness (QED) is 0.874. The van der Waals surface area contributed by atoms with Crippen molar-refractivity contribution in [2.24, 2.45) is 0 Å². The van der Waals surface area contributed by atoms with Crippen LogP contribution in [0.25, 0.3) is 0 Å². The van der Waals surface area contributed by atoms with Crippen molar-refractivity contribution in [2.75, 3.05) is 6.54 Å². The first-order valence-electron chi connectivity index (χ1n) is 6.05. The summed E-state index contributed by atoms with van der Waals surface area (Å²) in [5.41, 5.74) is 5.69. The van der Waals surface area contributed by atoms with Gasteiger partial charge in [-0.15, -0.1) is 11.3 Å². The van der Waals surface area contributed by atoms with E-state index in [0.29, 0.717) is 0 Å². The maximum absolute atomic E-state index is 4.42. The van der Waals surface area contributed by atoms with Crippen molar-refractivity contribution in [2.45, 2.75) is 26.3 Å². The second-order valence-electron chi connectivity index (χ2n) is 4.00. The molecule has 0 radical (unpaired) electrons. The van der Waals surface area contributed by atoms with Gasteiger partial charge in [-0.3, -0.25) is 0 Å². The van der Waals surface area contributed by atoms with Gasteiger partial charge in [0, 0.05) is 5.38 Å². The van der Waals surface area contributed by atoms with Crippen LogP contribution >= 0.6 is 11.3 Å². The maximum atomic E-state index is 4.42. The van der Waals surface area contributed by atoms with Crippen LogP contribution in [0.2, 0.25) is 0 Å². The molecule has 17 heavy (non-hydrogen) atoms. The second-order valence-corrected chi connectivity index (χ2v) is 4.72. The Morgan fingerprint density at radius 1 is 1.35 bits per heavy atom. The van der Waals surface area contributed by atoms with E-state index in [1.165, 1.54) is 11.1 Å². The normalized spacial score (nSPS) is 12.6. The summed E-state index contributed by atoms with van der Waals surface area (Å²) < 4.78 is 0. The third-order valence-corrected chi connectivity index (χ3v) is 3.45. The fourth-order valence-corrected chi connectivity index (χ4v) is 2.53. The largest absolute Gasteiger partial charge is 0.305 e. The standard InChI is InChI=1S/C14H18N2S/c1-3-11-6-5-7-12(8-11)14(15-4-2)13-9-17-10-16-13/h5-10,14-15H,3-4H2,1-2H3. The van der Waals surface area contributed by atoms with E-state index in [2.05, 4.69) is 53.8 Å². The van der Waals surface area contributed by atoms with Crippen molar-refractivity contribution in [3.8, 4) is 0 Å². The van der Waals surface area contributed by atoms with E-state index in [4.69, 9.17) is 0 Å². The molecule has 0 fully saturated rings. The molecule has 0 saturated heterocycles. The molecule has 1 aromatic heterocycles. The molecular formula is C14H18N2S. The van der Waals surface area contributed by atoms with Gasteiger partial charge in [-0.05, 0) is 24.1 Å². The van der Waals surface area contributed by atoms with E-state index in [1.54, 1.807) is 11.3 Å². The van der Waals surface area contributed by atoms with Crippen molar-refractivity contribution >= 4 is 11.3 Å². The molecule has 3 heteroatoms. The molecule has 2 rings (SSSR count). The van der Waals surface area contributed by atoms with Crippen LogP contribution in [0.1, 0.15) is 36.7 Å². The van der Waals surface area contributed by atoms with Gasteiger partial charge in [0.15, 0.2) is 0 Å². The summed E-state index contributed by atoms with van der Waals surface area (Å²) in [5.74, 6) is 0. The molecule has 0 aliphatic carbocycles. The van der Waals surface area contributed by atoms with Crippen LogP contribution < -0.4 is 5.32 Å². The van der Waals surface area contributed by atoms with Crippen molar-refractivity contribution in [1.29, 1.82) is 0 Å². The first-order chi connectivity index (χ1) is 8.35. The summed E-state index contributed by atoms with van der Waals surface area (Å²) in [5, 5.41) is 5.61. The van der Waals surface area contributed by atoms with Gasteiger partial charge in [0.2, 0.25) is 0 Å². The van der Waals surface area contributed by atoms with E-state index in [0.717, 1.165) is 18.7 Å². The lowest BCUT2D eigenvalue weighted by molar-refractivity contribution is 0.618. The molecule has 90 valence electrons. The predicted molar refractivity (Wildman–Crippen MR) is 73.5 cm³/mol. The summed E-state index contributed by atoms with van der Waals surface area (Å²) in [6.07, 6.45) is 1.07. The highest BCUT2D eigenvalue weighted by Gasteiger charge is 2.14. The third kappa shape index (κ3) is 2.93. The van der Waals surface area contributed by atoms with Crippen LogP contribution in [-0.2, 0) is 6.42 Å². The molecule has 0 spiro atoms. The fourth-order valence-electron chi connectivity index (χ4n) is 1.95. The maximum Gasteiger partial charge on any atom is 0.0795 e. The van der Waals surface area contributed by atoms with E-state index >= 15 is 0 Å². The van der Waals surface area contributed by atoms with Crippen molar-refractivity contribution < 1.29 is 0 Å². The minimum absolute atomic E-state index is 0.220. The van der Waals surface area contributed by atoms with Gasteiger partial charge in [-0.2, -0.15) is 0 Å². The first-order valence-corrected chi connectivity index (χ1v) is 6.99. The minimum Gasteiger partial charge on any atom is -0.305 e. The number of aryl methyl sites for hydroxylation is 1. The van der Waals surface area contributed by atoms with Gasteiger partial charge in [-0.25, -0.2) is 4.98 Å². The molecule has 1 aromatic carbocycles. The molecule has 0 amide bonds. The molecule has 0 saturated carbocycles. The summed E-state index contributed by atoms with van der Waals surface area (Å²) in [4.78, 5) is 4.42. The van der Waals surface area contributed by atoms with E-state index in [9.17, 15) is 0 Å². The Labute approximate surface area is 107 Å². The number of rotatable bonds is 5. The zero-order valence-electron chi connectivity index (χ0n) is 10.3. The molecule has 2 aromatic rings. The molecular weight excluding hydrogens is 228 g/mol.